The van der Waals surface area contributed by atoms with Crippen molar-refractivity contribution in [1.82, 2.24) is 10.2 Å². The fourth-order valence-electron chi connectivity index (χ4n) is 3.97. The molecule has 1 aromatic carbocycles. The van der Waals surface area contributed by atoms with Gasteiger partial charge in [-0.2, -0.15) is 0 Å². The Bertz CT molecular complexity index is 725. The van der Waals surface area contributed by atoms with Crippen molar-refractivity contribution in [3.63, 3.8) is 0 Å². The first kappa shape index (κ1) is 18.4. The third-order valence-corrected chi connectivity index (χ3v) is 5.69. The van der Waals surface area contributed by atoms with Gasteiger partial charge in [-0.25, -0.2) is 4.79 Å². The molecule has 1 aliphatic heterocycles. The van der Waals surface area contributed by atoms with E-state index in [9.17, 15) is 19.5 Å². The van der Waals surface area contributed by atoms with Gasteiger partial charge in [0.2, 0.25) is 11.8 Å². The van der Waals surface area contributed by atoms with E-state index >= 15 is 0 Å². The number of likely N-dealkylation sites (tertiary alicyclic amines) is 1. The summed E-state index contributed by atoms with van der Waals surface area (Å²) in [6.45, 7) is 4.26. The minimum Gasteiger partial charge on any atom is -0.479 e. The molecule has 2 N–H and O–H groups in total. The molecule has 3 rings (SSSR count). The van der Waals surface area contributed by atoms with Gasteiger partial charge in [0.25, 0.3) is 0 Å². The molecule has 1 saturated heterocycles. The van der Waals surface area contributed by atoms with Gasteiger partial charge in [-0.1, -0.05) is 31.0 Å². The number of nitrogens with zero attached hydrogens (tertiary/aromatic N) is 1. The molecule has 1 aliphatic carbocycles. The number of benzene rings is 1. The topological polar surface area (TPSA) is 86.7 Å². The molecular formula is C20H26N2O4. The number of aliphatic carboxylic acids is 1. The predicted molar refractivity (Wildman–Crippen MR) is 96.5 cm³/mol. The standard InChI is InChI=1S/C20H26N2O4/c1-12-7-8-14(9-13(12)2)18(20(25)26)21-19(24)15-10-17(23)22(11-15)16-5-3-4-6-16/h7-9,15-16,18H,3-6,10-11H2,1-2H3,(H,21,24)(H,25,26). The zero-order valence-electron chi connectivity index (χ0n) is 15.3. The maximum Gasteiger partial charge on any atom is 0.330 e. The van der Waals surface area contributed by atoms with Crippen LogP contribution in [0.5, 0.6) is 0 Å². The molecule has 2 aliphatic rings. The lowest BCUT2D eigenvalue weighted by Crippen LogP contribution is -2.40. The summed E-state index contributed by atoms with van der Waals surface area (Å²) in [6, 6.07) is 4.52. The Morgan fingerprint density at radius 3 is 2.50 bits per heavy atom. The lowest BCUT2D eigenvalue weighted by atomic mass is 10.00. The highest BCUT2D eigenvalue weighted by Gasteiger charge is 2.39. The lowest BCUT2D eigenvalue weighted by Gasteiger charge is -2.24. The maximum atomic E-state index is 12.6. The highest BCUT2D eigenvalue weighted by molar-refractivity contribution is 5.91. The van der Waals surface area contributed by atoms with Crippen LogP contribution >= 0.6 is 0 Å². The van der Waals surface area contributed by atoms with Crippen LogP contribution in [-0.4, -0.2) is 40.4 Å². The largest absolute Gasteiger partial charge is 0.479 e. The summed E-state index contributed by atoms with van der Waals surface area (Å²) in [5.74, 6) is -1.92. The van der Waals surface area contributed by atoms with Crippen molar-refractivity contribution in [2.75, 3.05) is 6.54 Å². The Hall–Kier alpha value is -2.37. The molecule has 1 aromatic rings. The van der Waals surface area contributed by atoms with Gasteiger partial charge in [0.1, 0.15) is 0 Å². The van der Waals surface area contributed by atoms with E-state index in [4.69, 9.17) is 0 Å². The SMILES string of the molecule is Cc1ccc(C(NC(=O)C2CC(=O)N(C3CCCC3)C2)C(=O)O)cc1C. The first-order valence-corrected chi connectivity index (χ1v) is 9.26. The molecule has 6 heteroatoms. The van der Waals surface area contributed by atoms with Gasteiger partial charge in [0.15, 0.2) is 6.04 Å². The molecular weight excluding hydrogens is 332 g/mol. The van der Waals surface area contributed by atoms with Crippen molar-refractivity contribution in [1.29, 1.82) is 0 Å². The molecule has 140 valence electrons. The average Bonchev–Trinajstić information content (AvgIpc) is 3.24. The lowest BCUT2D eigenvalue weighted by molar-refractivity contribution is -0.142. The van der Waals surface area contributed by atoms with Gasteiger partial charge in [0, 0.05) is 19.0 Å². The number of hydrogen-bond donors (Lipinski definition) is 2. The number of aryl methyl sites for hydroxylation is 2. The number of amides is 2. The number of carbonyl (C=O) groups is 3. The number of carboxylic acids is 1. The summed E-state index contributed by atoms with van der Waals surface area (Å²) in [7, 11) is 0. The van der Waals surface area contributed by atoms with E-state index < -0.39 is 17.9 Å². The summed E-state index contributed by atoms with van der Waals surface area (Å²) in [5, 5.41) is 12.2. The third kappa shape index (κ3) is 3.74. The molecule has 0 aromatic heterocycles. The Morgan fingerprint density at radius 2 is 1.88 bits per heavy atom. The van der Waals surface area contributed by atoms with Gasteiger partial charge in [-0.15, -0.1) is 0 Å². The molecule has 1 saturated carbocycles. The van der Waals surface area contributed by atoms with Crippen molar-refractivity contribution >= 4 is 17.8 Å². The van der Waals surface area contributed by atoms with Gasteiger partial charge >= 0.3 is 5.97 Å². The first-order chi connectivity index (χ1) is 12.4. The van der Waals surface area contributed by atoms with Crippen molar-refractivity contribution in [3.8, 4) is 0 Å². The fraction of sp³-hybridized carbons (Fsp3) is 0.550. The Kier molecular flexibility index (Phi) is 5.30. The summed E-state index contributed by atoms with van der Waals surface area (Å²) >= 11 is 0. The quantitative estimate of drug-likeness (QED) is 0.846. The molecule has 0 radical (unpaired) electrons. The van der Waals surface area contributed by atoms with Crippen LogP contribution in [0.3, 0.4) is 0 Å². The highest BCUT2D eigenvalue weighted by Crippen LogP contribution is 2.30. The average molecular weight is 358 g/mol. The number of rotatable bonds is 5. The van der Waals surface area contributed by atoms with Crippen LogP contribution in [0, 0.1) is 19.8 Å². The molecule has 2 amide bonds. The van der Waals surface area contributed by atoms with Gasteiger partial charge in [-0.05, 0) is 43.4 Å². The summed E-state index contributed by atoms with van der Waals surface area (Å²) in [6.07, 6.45) is 4.42. The minimum absolute atomic E-state index is 0.00936. The van der Waals surface area contributed by atoms with Crippen molar-refractivity contribution in [3.05, 3.63) is 34.9 Å². The first-order valence-electron chi connectivity index (χ1n) is 9.26. The van der Waals surface area contributed by atoms with Crippen LogP contribution in [0.1, 0.15) is 54.8 Å². The smallest absolute Gasteiger partial charge is 0.330 e. The zero-order valence-corrected chi connectivity index (χ0v) is 15.3. The Morgan fingerprint density at radius 1 is 1.19 bits per heavy atom. The number of hydrogen-bond acceptors (Lipinski definition) is 3. The summed E-state index contributed by atoms with van der Waals surface area (Å²) in [5.41, 5.74) is 2.59. The molecule has 26 heavy (non-hydrogen) atoms. The number of carboxylic acid groups (broad SMARTS) is 1. The van der Waals surface area contributed by atoms with E-state index in [2.05, 4.69) is 5.32 Å². The van der Waals surface area contributed by atoms with Crippen molar-refractivity contribution in [2.24, 2.45) is 5.92 Å². The monoisotopic (exact) mass is 358 g/mol. The van der Waals surface area contributed by atoms with E-state index in [-0.39, 0.29) is 24.3 Å². The van der Waals surface area contributed by atoms with Crippen molar-refractivity contribution < 1.29 is 19.5 Å². The van der Waals surface area contributed by atoms with E-state index in [1.165, 1.54) is 0 Å². The molecule has 0 bridgehead atoms. The summed E-state index contributed by atoms with van der Waals surface area (Å²) in [4.78, 5) is 38.4. The van der Waals surface area contributed by atoms with E-state index in [0.717, 1.165) is 36.8 Å². The Labute approximate surface area is 153 Å². The van der Waals surface area contributed by atoms with E-state index in [0.29, 0.717) is 12.1 Å². The summed E-state index contributed by atoms with van der Waals surface area (Å²) < 4.78 is 0. The molecule has 2 unspecified atom stereocenters. The third-order valence-electron chi connectivity index (χ3n) is 5.69. The number of nitrogens with one attached hydrogen (secondary N) is 1. The Balaban J connectivity index is 1.69. The fourth-order valence-corrected chi connectivity index (χ4v) is 3.97. The van der Waals surface area contributed by atoms with Crippen LogP contribution in [-0.2, 0) is 14.4 Å². The van der Waals surface area contributed by atoms with Crippen molar-refractivity contribution in [2.45, 2.75) is 58.0 Å². The molecule has 6 nitrogen and oxygen atoms in total. The van der Waals surface area contributed by atoms with Gasteiger partial charge < -0.3 is 15.3 Å². The number of carbonyl (C=O) groups excluding carboxylic acids is 2. The molecule has 2 fully saturated rings. The normalized spacial score (nSPS) is 21.8. The van der Waals surface area contributed by atoms with Crippen LogP contribution < -0.4 is 5.32 Å². The van der Waals surface area contributed by atoms with E-state index in [1.807, 2.05) is 24.8 Å². The van der Waals surface area contributed by atoms with Crippen LogP contribution in [0.2, 0.25) is 0 Å². The molecule has 1 heterocycles. The minimum atomic E-state index is -1.10. The maximum absolute atomic E-state index is 12.6. The van der Waals surface area contributed by atoms with Gasteiger partial charge in [-0.3, -0.25) is 9.59 Å². The van der Waals surface area contributed by atoms with Crippen LogP contribution in [0.15, 0.2) is 18.2 Å². The molecule has 2 atom stereocenters. The second-order valence-corrected chi connectivity index (χ2v) is 7.51. The van der Waals surface area contributed by atoms with Crippen LogP contribution in [0.4, 0.5) is 0 Å². The second kappa shape index (κ2) is 7.48. The van der Waals surface area contributed by atoms with Gasteiger partial charge in [0.05, 0.1) is 5.92 Å². The second-order valence-electron chi connectivity index (χ2n) is 7.51. The highest BCUT2D eigenvalue weighted by atomic mass is 16.4. The van der Waals surface area contributed by atoms with Crippen LogP contribution in [0.25, 0.3) is 0 Å². The zero-order chi connectivity index (χ0) is 18.8. The predicted octanol–water partition coefficient (Wildman–Crippen LogP) is 2.34. The molecule has 0 spiro atoms. The van der Waals surface area contributed by atoms with E-state index in [1.54, 1.807) is 12.1 Å².